The second kappa shape index (κ2) is 8.49. The Kier molecular flexibility index (Phi) is 5.31. The van der Waals surface area contributed by atoms with Gasteiger partial charge in [0.15, 0.2) is 11.3 Å². The van der Waals surface area contributed by atoms with Gasteiger partial charge in [0, 0.05) is 18.1 Å². The predicted octanol–water partition coefficient (Wildman–Crippen LogP) is 4.74. The number of aromatic nitrogens is 5. The van der Waals surface area contributed by atoms with E-state index in [9.17, 15) is 4.79 Å². The van der Waals surface area contributed by atoms with Gasteiger partial charge in [-0.05, 0) is 36.6 Å². The first-order valence-electron chi connectivity index (χ1n) is 11.7. The third-order valence-corrected chi connectivity index (χ3v) is 6.91. The molecule has 34 heavy (non-hydrogen) atoms. The van der Waals surface area contributed by atoms with E-state index in [2.05, 4.69) is 0 Å². The van der Waals surface area contributed by atoms with E-state index in [4.69, 9.17) is 31.3 Å². The average Bonchev–Trinajstić information content (AvgIpc) is 3.47. The van der Waals surface area contributed by atoms with Crippen molar-refractivity contribution in [2.24, 2.45) is 0 Å². The van der Waals surface area contributed by atoms with Gasteiger partial charge < -0.3 is 9.30 Å². The smallest absolute Gasteiger partial charge is 0.265 e. The first-order valence-corrected chi connectivity index (χ1v) is 12.0. The Balaban J connectivity index is 1.67. The summed E-state index contributed by atoms with van der Waals surface area (Å²) in [5.41, 5.74) is 4.16. The highest BCUT2D eigenvalue weighted by Crippen LogP contribution is 2.28. The molecular weight excluding hydrogens is 450 g/mol. The zero-order valence-corrected chi connectivity index (χ0v) is 19.6. The molecule has 1 aliphatic rings. The highest BCUT2D eigenvalue weighted by atomic mass is 35.5. The molecule has 1 atom stereocenters. The molecule has 3 aromatic heterocycles. The molecule has 1 saturated heterocycles. The van der Waals surface area contributed by atoms with Crippen LogP contribution in [-0.2, 0) is 24.2 Å². The van der Waals surface area contributed by atoms with Gasteiger partial charge in [0.1, 0.15) is 16.7 Å². The molecule has 0 bridgehead atoms. The summed E-state index contributed by atoms with van der Waals surface area (Å²) in [6.45, 7) is 3.71. The normalized spacial score (nSPS) is 16.2. The third-order valence-electron chi connectivity index (χ3n) is 6.54. The number of aryl methyl sites for hydroxylation is 1. The van der Waals surface area contributed by atoms with Crippen LogP contribution in [0.2, 0.25) is 5.02 Å². The highest BCUT2D eigenvalue weighted by molar-refractivity contribution is 6.31. The van der Waals surface area contributed by atoms with E-state index in [1.807, 2.05) is 60.0 Å². The van der Waals surface area contributed by atoms with Gasteiger partial charge in [-0.3, -0.25) is 9.36 Å². The molecular formula is C26H24ClN5O2. The number of fused-ring (bicyclic) bond motifs is 4. The van der Waals surface area contributed by atoms with Gasteiger partial charge in [-0.1, -0.05) is 48.9 Å². The number of ether oxygens (including phenoxy) is 1. The van der Waals surface area contributed by atoms with Crippen LogP contribution in [0.4, 0.5) is 0 Å². The number of benzene rings is 2. The number of hydrogen-bond donors (Lipinski definition) is 0. The topological polar surface area (TPSA) is 74.8 Å². The molecule has 2 aromatic carbocycles. The molecule has 0 aliphatic carbocycles. The summed E-state index contributed by atoms with van der Waals surface area (Å²) >= 11 is 6.50. The van der Waals surface area contributed by atoms with Crippen LogP contribution in [0.5, 0.6) is 0 Å². The SMILES string of the molecule is CCc1nc2c(c(=O)n1CC1CCCO1)c1nc3ccccc3nc1n2Cc1ccccc1Cl. The van der Waals surface area contributed by atoms with Crippen LogP contribution >= 0.6 is 11.6 Å². The fourth-order valence-corrected chi connectivity index (χ4v) is 5.03. The Morgan fingerprint density at radius 2 is 1.76 bits per heavy atom. The number of hydrogen-bond acceptors (Lipinski definition) is 5. The van der Waals surface area contributed by atoms with Crippen molar-refractivity contribution in [1.29, 1.82) is 0 Å². The van der Waals surface area contributed by atoms with E-state index in [0.29, 0.717) is 46.7 Å². The van der Waals surface area contributed by atoms with Gasteiger partial charge in [0.2, 0.25) is 0 Å². The van der Waals surface area contributed by atoms with Crippen LogP contribution < -0.4 is 5.56 Å². The molecule has 6 rings (SSSR count). The first kappa shape index (κ1) is 21.3. The lowest BCUT2D eigenvalue weighted by Gasteiger charge is -2.16. The Morgan fingerprint density at radius 1 is 1.00 bits per heavy atom. The largest absolute Gasteiger partial charge is 0.376 e. The molecule has 1 aliphatic heterocycles. The Bertz CT molecular complexity index is 1600. The van der Waals surface area contributed by atoms with Crippen LogP contribution in [0.1, 0.15) is 31.2 Å². The predicted molar refractivity (Wildman–Crippen MR) is 134 cm³/mol. The first-order chi connectivity index (χ1) is 16.6. The van der Waals surface area contributed by atoms with Crippen molar-refractivity contribution in [1.82, 2.24) is 24.1 Å². The molecule has 1 unspecified atom stereocenters. The van der Waals surface area contributed by atoms with Gasteiger partial charge in [-0.25, -0.2) is 15.0 Å². The lowest BCUT2D eigenvalue weighted by atomic mass is 10.2. The van der Waals surface area contributed by atoms with E-state index >= 15 is 0 Å². The fraction of sp³-hybridized carbons (Fsp3) is 0.308. The van der Waals surface area contributed by atoms with E-state index < -0.39 is 0 Å². The van der Waals surface area contributed by atoms with Gasteiger partial charge in [-0.2, -0.15) is 0 Å². The maximum absolute atomic E-state index is 13.9. The minimum atomic E-state index is -0.0927. The zero-order chi connectivity index (χ0) is 23.2. The van der Waals surface area contributed by atoms with E-state index in [-0.39, 0.29) is 11.7 Å². The molecule has 0 amide bonds. The monoisotopic (exact) mass is 473 g/mol. The van der Waals surface area contributed by atoms with Crippen LogP contribution in [0, 0.1) is 0 Å². The molecule has 172 valence electrons. The van der Waals surface area contributed by atoms with Crippen molar-refractivity contribution >= 4 is 44.8 Å². The lowest BCUT2D eigenvalue weighted by Crippen LogP contribution is -2.30. The Labute approximate surface area is 201 Å². The number of para-hydroxylation sites is 2. The molecule has 7 nitrogen and oxygen atoms in total. The van der Waals surface area contributed by atoms with Crippen LogP contribution in [-0.4, -0.2) is 36.8 Å². The molecule has 0 spiro atoms. The Hall–Kier alpha value is -3.29. The van der Waals surface area contributed by atoms with E-state index in [1.165, 1.54) is 0 Å². The average molecular weight is 474 g/mol. The van der Waals surface area contributed by atoms with Gasteiger partial charge in [-0.15, -0.1) is 0 Å². The summed E-state index contributed by atoms with van der Waals surface area (Å²) in [5, 5.41) is 1.16. The lowest BCUT2D eigenvalue weighted by molar-refractivity contribution is 0.0953. The molecule has 0 N–H and O–H groups in total. The number of halogens is 1. The second-order valence-corrected chi connectivity index (χ2v) is 9.10. The molecule has 0 saturated carbocycles. The Morgan fingerprint density at radius 3 is 2.50 bits per heavy atom. The van der Waals surface area contributed by atoms with E-state index in [0.717, 1.165) is 41.9 Å². The number of rotatable bonds is 5. The second-order valence-electron chi connectivity index (χ2n) is 8.69. The standard InChI is InChI=1S/C26H24ClN5O2/c1-2-21-30-24-22(26(33)31(21)15-17-9-7-13-34-17)23-25(29-20-12-6-5-11-19(20)28-23)32(24)14-16-8-3-4-10-18(16)27/h3-6,8,10-12,17H,2,7,9,13-15H2,1H3. The number of nitrogens with zero attached hydrogens (tertiary/aromatic N) is 5. The van der Waals surface area contributed by atoms with Crippen LogP contribution in [0.15, 0.2) is 53.3 Å². The minimum absolute atomic E-state index is 0.0330. The van der Waals surface area contributed by atoms with Crippen molar-refractivity contribution in [2.75, 3.05) is 6.61 Å². The van der Waals surface area contributed by atoms with Crippen molar-refractivity contribution < 1.29 is 4.74 Å². The van der Waals surface area contributed by atoms with Crippen LogP contribution in [0.3, 0.4) is 0 Å². The maximum atomic E-state index is 13.9. The van der Waals surface area contributed by atoms with Gasteiger partial charge in [0.25, 0.3) is 5.56 Å². The van der Waals surface area contributed by atoms with Gasteiger partial charge in [0.05, 0.1) is 30.2 Å². The summed E-state index contributed by atoms with van der Waals surface area (Å²) in [6, 6.07) is 15.4. The molecule has 4 heterocycles. The summed E-state index contributed by atoms with van der Waals surface area (Å²) in [6.07, 6.45) is 2.64. The summed E-state index contributed by atoms with van der Waals surface area (Å²) in [5.74, 6) is 0.737. The molecule has 5 aromatic rings. The van der Waals surface area contributed by atoms with Crippen molar-refractivity contribution in [3.63, 3.8) is 0 Å². The third kappa shape index (κ3) is 3.47. The quantitative estimate of drug-likeness (QED) is 0.368. The highest BCUT2D eigenvalue weighted by Gasteiger charge is 2.24. The van der Waals surface area contributed by atoms with Crippen molar-refractivity contribution in [3.8, 4) is 0 Å². The van der Waals surface area contributed by atoms with Crippen molar-refractivity contribution in [2.45, 2.75) is 45.4 Å². The summed E-state index contributed by atoms with van der Waals surface area (Å²) in [4.78, 5) is 28.7. The van der Waals surface area contributed by atoms with E-state index in [1.54, 1.807) is 4.57 Å². The van der Waals surface area contributed by atoms with Gasteiger partial charge >= 0.3 is 0 Å². The van der Waals surface area contributed by atoms with Crippen molar-refractivity contribution in [3.05, 3.63) is 75.3 Å². The molecule has 0 radical (unpaired) electrons. The summed E-state index contributed by atoms with van der Waals surface area (Å²) < 4.78 is 9.58. The summed E-state index contributed by atoms with van der Waals surface area (Å²) in [7, 11) is 0. The zero-order valence-electron chi connectivity index (χ0n) is 18.9. The van der Waals surface area contributed by atoms with Crippen LogP contribution in [0.25, 0.3) is 33.2 Å². The molecule has 1 fully saturated rings. The minimum Gasteiger partial charge on any atom is -0.376 e. The molecule has 8 heteroatoms. The fourth-order valence-electron chi connectivity index (χ4n) is 4.83. The maximum Gasteiger partial charge on any atom is 0.265 e.